The lowest BCUT2D eigenvalue weighted by atomic mass is 9.76. The molecule has 0 N–H and O–H groups in total. The van der Waals surface area contributed by atoms with Crippen molar-refractivity contribution in [3.8, 4) is 0 Å². The topological polar surface area (TPSA) is 55.8 Å². The first kappa shape index (κ1) is 26.6. The van der Waals surface area contributed by atoms with E-state index >= 15 is 0 Å². The largest absolute Gasteiger partial charge is 0.459 e. The lowest BCUT2D eigenvalue weighted by molar-refractivity contribution is -0.170. The van der Waals surface area contributed by atoms with Gasteiger partial charge in [-0.2, -0.15) is 0 Å². The molecule has 5 nitrogen and oxygen atoms in total. The van der Waals surface area contributed by atoms with Crippen molar-refractivity contribution in [3.63, 3.8) is 0 Å². The smallest absolute Gasteiger partial charge is 0.315 e. The third-order valence-electron chi connectivity index (χ3n) is 7.12. The highest BCUT2D eigenvalue weighted by Crippen LogP contribution is 2.43. The van der Waals surface area contributed by atoms with Gasteiger partial charge in [-0.05, 0) is 57.3 Å². The molecule has 1 heterocycles. The van der Waals surface area contributed by atoms with Crippen molar-refractivity contribution < 1.29 is 18.8 Å². The molecule has 2 atom stereocenters. The van der Waals surface area contributed by atoms with Gasteiger partial charge in [0.1, 0.15) is 5.60 Å². The number of hydrogen-bond donors (Lipinski definition) is 0. The van der Waals surface area contributed by atoms with Gasteiger partial charge in [-0.15, -0.1) is 0 Å². The molecule has 0 saturated carbocycles. The monoisotopic (exact) mass is 461 g/mol. The summed E-state index contributed by atoms with van der Waals surface area (Å²) < 4.78 is 12.3. The van der Waals surface area contributed by atoms with E-state index in [1.165, 1.54) is 5.56 Å². The Morgan fingerprint density at radius 3 is 2.25 bits per heavy atom. The molecule has 1 unspecified atom stereocenters. The maximum absolute atomic E-state index is 13.5. The molecule has 0 bridgehead atoms. The molecule has 1 amide bonds. The molecule has 1 aromatic carbocycles. The van der Waals surface area contributed by atoms with Crippen LogP contribution >= 0.6 is 0 Å². The Balaban J connectivity index is 2.21. The van der Waals surface area contributed by atoms with Crippen LogP contribution in [0.15, 0.2) is 30.3 Å². The number of rotatable bonds is 8. The Hall–Kier alpha value is -1.66. The van der Waals surface area contributed by atoms with Crippen LogP contribution in [0.25, 0.3) is 0 Å². The Morgan fingerprint density at radius 2 is 1.72 bits per heavy atom. The number of carbonyl (C=O) groups excluding carboxylic acids is 2. The molecule has 180 valence electrons. The maximum Gasteiger partial charge on any atom is 0.315 e. The summed E-state index contributed by atoms with van der Waals surface area (Å²) in [7, 11) is -1.96. The van der Waals surface area contributed by atoms with Gasteiger partial charge in [0.2, 0.25) is 5.91 Å². The average molecular weight is 462 g/mol. The van der Waals surface area contributed by atoms with Crippen LogP contribution in [0.1, 0.15) is 60.5 Å². The van der Waals surface area contributed by atoms with Crippen molar-refractivity contribution in [2.75, 3.05) is 19.7 Å². The quantitative estimate of drug-likeness (QED) is 0.382. The third kappa shape index (κ3) is 6.22. The fraction of sp³-hybridized carbons (Fsp3) is 0.692. The predicted molar refractivity (Wildman–Crippen MR) is 132 cm³/mol. The highest BCUT2D eigenvalue weighted by Gasteiger charge is 2.56. The Labute approximate surface area is 196 Å². The highest BCUT2D eigenvalue weighted by atomic mass is 28.4. The van der Waals surface area contributed by atoms with Crippen LogP contribution in [-0.2, 0) is 25.2 Å². The molecule has 1 aliphatic heterocycles. The van der Waals surface area contributed by atoms with Crippen molar-refractivity contribution >= 4 is 20.2 Å². The minimum Gasteiger partial charge on any atom is -0.459 e. The van der Waals surface area contributed by atoms with E-state index in [1.807, 2.05) is 50.8 Å². The number of esters is 1. The second-order valence-electron chi connectivity index (χ2n) is 11.7. The number of hydrogen-bond acceptors (Lipinski definition) is 4. The molecular weight excluding hydrogens is 418 g/mol. The average Bonchev–Trinajstić information content (AvgIpc) is 2.90. The van der Waals surface area contributed by atoms with E-state index in [1.54, 1.807) is 0 Å². The molecule has 1 aromatic rings. The molecule has 1 aliphatic rings. The summed E-state index contributed by atoms with van der Waals surface area (Å²) in [5, 5.41) is 0.0882. The van der Waals surface area contributed by atoms with Crippen molar-refractivity contribution in [3.05, 3.63) is 35.9 Å². The lowest BCUT2D eigenvalue weighted by Gasteiger charge is -2.38. The fourth-order valence-corrected chi connectivity index (χ4v) is 4.93. The number of nitrogens with zero attached hydrogens (tertiary/aromatic N) is 1. The zero-order valence-electron chi connectivity index (χ0n) is 21.6. The van der Waals surface area contributed by atoms with Crippen LogP contribution in [0.5, 0.6) is 0 Å². The molecule has 2 rings (SSSR count). The summed E-state index contributed by atoms with van der Waals surface area (Å²) in [5.41, 5.74) is -0.308. The number of likely N-dealkylation sites (tertiary alicyclic amines) is 1. The first-order valence-corrected chi connectivity index (χ1v) is 14.7. The van der Waals surface area contributed by atoms with Gasteiger partial charge in [-0.1, -0.05) is 58.0 Å². The summed E-state index contributed by atoms with van der Waals surface area (Å²) in [4.78, 5) is 28.5. The van der Waals surface area contributed by atoms with Crippen LogP contribution in [0, 0.1) is 11.3 Å². The SMILES string of the molecule is CC1C(=O)N(CCc2ccccc2)C[C@@]1(CCO[Si](C)(C)C(C)(C)C)C(=O)OC(C)(C)C. The number of amides is 1. The molecule has 1 saturated heterocycles. The molecule has 0 radical (unpaired) electrons. The zero-order valence-corrected chi connectivity index (χ0v) is 22.6. The summed E-state index contributed by atoms with van der Waals surface area (Å²) >= 11 is 0. The first-order valence-electron chi connectivity index (χ1n) is 11.8. The third-order valence-corrected chi connectivity index (χ3v) is 11.7. The predicted octanol–water partition coefficient (Wildman–Crippen LogP) is 5.45. The van der Waals surface area contributed by atoms with Crippen LogP contribution in [0.4, 0.5) is 0 Å². The zero-order chi connectivity index (χ0) is 24.4. The summed E-state index contributed by atoms with van der Waals surface area (Å²) in [6, 6.07) is 10.1. The van der Waals surface area contributed by atoms with Crippen molar-refractivity contribution in [2.24, 2.45) is 11.3 Å². The van der Waals surface area contributed by atoms with Gasteiger partial charge in [0, 0.05) is 19.7 Å². The molecular formula is C26H43NO4Si. The van der Waals surface area contributed by atoms with Gasteiger partial charge in [-0.25, -0.2) is 0 Å². The van der Waals surface area contributed by atoms with Gasteiger partial charge in [0.15, 0.2) is 8.32 Å². The Morgan fingerprint density at radius 1 is 1.12 bits per heavy atom. The molecule has 0 aliphatic carbocycles. The Bertz CT molecular complexity index is 794. The van der Waals surface area contributed by atoms with Gasteiger partial charge >= 0.3 is 5.97 Å². The first-order chi connectivity index (χ1) is 14.6. The minimum absolute atomic E-state index is 0.0270. The normalized spacial score (nSPS) is 22.3. The maximum atomic E-state index is 13.5. The highest BCUT2D eigenvalue weighted by molar-refractivity contribution is 6.74. The van der Waals surface area contributed by atoms with Crippen molar-refractivity contribution in [1.29, 1.82) is 0 Å². The van der Waals surface area contributed by atoms with Gasteiger partial charge < -0.3 is 14.1 Å². The molecule has 0 spiro atoms. The number of benzene rings is 1. The number of carbonyl (C=O) groups is 2. The van der Waals surface area contributed by atoms with Crippen LogP contribution in [-0.4, -0.2) is 50.4 Å². The van der Waals surface area contributed by atoms with Gasteiger partial charge in [0.25, 0.3) is 0 Å². The van der Waals surface area contributed by atoms with E-state index in [-0.39, 0.29) is 16.9 Å². The standard InChI is InChI=1S/C26H43NO4Si/c1-20-22(28)27(17-15-21-13-11-10-12-14-21)19-26(20,23(29)31-24(2,3)4)16-18-30-32(8,9)25(5,6)7/h10-14,20H,15-19H2,1-9H3/t20?,26-/m1/s1. The molecule has 6 heteroatoms. The number of ether oxygens (including phenoxy) is 1. The molecule has 1 fully saturated rings. The van der Waals surface area contributed by atoms with Crippen LogP contribution in [0.3, 0.4) is 0 Å². The van der Waals surface area contributed by atoms with E-state index in [9.17, 15) is 9.59 Å². The fourth-order valence-electron chi connectivity index (χ4n) is 3.89. The second kappa shape index (κ2) is 9.68. The Kier molecular flexibility index (Phi) is 8.04. The van der Waals surface area contributed by atoms with E-state index in [0.29, 0.717) is 26.1 Å². The summed E-state index contributed by atoms with van der Waals surface area (Å²) in [5.74, 6) is -0.692. The lowest BCUT2D eigenvalue weighted by Crippen LogP contribution is -2.46. The second-order valence-corrected chi connectivity index (χ2v) is 16.5. The van der Waals surface area contributed by atoms with E-state index < -0.39 is 25.3 Å². The molecule has 32 heavy (non-hydrogen) atoms. The van der Waals surface area contributed by atoms with Gasteiger partial charge in [0.05, 0.1) is 11.3 Å². The van der Waals surface area contributed by atoms with Crippen molar-refractivity contribution in [2.45, 2.75) is 85.0 Å². The summed E-state index contributed by atoms with van der Waals surface area (Å²) in [6.07, 6.45) is 1.26. The molecule has 0 aromatic heterocycles. The van der Waals surface area contributed by atoms with E-state index in [4.69, 9.17) is 9.16 Å². The van der Waals surface area contributed by atoms with Crippen LogP contribution < -0.4 is 0 Å². The van der Waals surface area contributed by atoms with Gasteiger partial charge in [-0.3, -0.25) is 9.59 Å². The van der Waals surface area contributed by atoms with E-state index in [0.717, 1.165) is 6.42 Å². The van der Waals surface area contributed by atoms with Crippen LogP contribution in [0.2, 0.25) is 18.1 Å². The summed E-state index contributed by atoms with van der Waals surface area (Å²) in [6.45, 7) is 20.0. The van der Waals surface area contributed by atoms with Crippen molar-refractivity contribution in [1.82, 2.24) is 4.90 Å². The minimum atomic E-state index is -1.96. The van der Waals surface area contributed by atoms with E-state index in [2.05, 4.69) is 46.0 Å².